The van der Waals surface area contributed by atoms with Crippen LogP contribution in [0.3, 0.4) is 0 Å². The average Bonchev–Trinajstić information content (AvgIpc) is 2.17. The first-order chi connectivity index (χ1) is 6.55. The first-order valence-corrected chi connectivity index (χ1v) is 6.45. The van der Waals surface area contributed by atoms with Crippen molar-refractivity contribution in [2.75, 3.05) is 0 Å². The normalized spacial score (nSPS) is 11.4. The van der Waals surface area contributed by atoms with Gasteiger partial charge in [0.05, 0.1) is 4.75 Å². The average molecular weight is 320 g/mol. The summed E-state index contributed by atoms with van der Waals surface area (Å²) in [5.74, 6) is 0.894. The molecule has 3 heteroatoms. The third kappa shape index (κ3) is 3.61. The van der Waals surface area contributed by atoms with E-state index in [2.05, 4.69) is 34.7 Å². The first-order valence-electron chi connectivity index (χ1n) is 4.39. The molecule has 76 valence electrons. The molecule has 0 aromatic heterocycles. The highest BCUT2D eigenvalue weighted by Gasteiger charge is 2.17. The Hall–Kier alpha value is -0.0300. The molecule has 1 nitrogen and oxygen atoms in total. The summed E-state index contributed by atoms with van der Waals surface area (Å²) in [7, 11) is 0. The molecule has 1 rings (SSSR count). The molecule has 1 aromatic rings. The number of halogens is 1. The van der Waals surface area contributed by atoms with Gasteiger partial charge < -0.3 is 4.79 Å². The van der Waals surface area contributed by atoms with Crippen molar-refractivity contribution < 1.29 is 4.79 Å². The van der Waals surface area contributed by atoms with Gasteiger partial charge in [0.25, 0.3) is 0 Å². The summed E-state index contributed by atoms with van der Waals surface area (Å²) in [5, 5.41) is 0. The van der Waals surface area contributed by atoms with E-state index in [-0.39, 0.29) is 4.75 Å². The predicted octanol–water partition coefficient (Wildman–Crippen LogP) is 3.50. The fraction of sp³-hybridized carbons (Fsp3) is 0.364. The van der Waals surface area contributed by atoms with Crippen LogP contribution in [0, 0.1) is 3.57 Å². The van der Waals surface area contributed by atoms with Gasteiger partial charge in [-0.05, 0) is 48.1 Å². The van der Waals surface area contributed by atoms with E-state index < -0.39 is 0 Å². The summed E-state index contributed by atoms with van der Waals surface area (Å²) in [6, 6.07) is 8.26. The van der Waals surface area contributed by atoms with Crippen molar-refractivity contribution in [1.82, 2.24) is 0 Å². The lowest BCUT2D eigenvalue weighted by Crippen LogP contribution is -2.16. The molecule has 14 heavy (non-hydrogen) atoms. The number of carbonyl (C=O) groups is 1. The van der Waals surface area contributed by atoms with Crippen LogP contribution in [0.25, 0.3) is 0 Å². The monoisotopic (exact) mass is 320 g/mol. The molecule has 0 heterocycles. The van der Waals surface area contributed by atoms with Gasteiger partial charge >= 0.3 is 0 Å². The van der Waals surface area contributed by atoms with E-state index in [1.807, 2.05) is 26.0 Å². The molecule has 0 atom stereocenters. The van der Waals surface area contributed by atoms with Gasteiger partial charge in [0, 0.05) is 9.32 Å². The van der Waals surface area contributed by atoms with E-state index in [0.29, 0.717) is 0 Å². The van der Waals surface area contributed by atoms with Gasteiger partial charge in [-0.2, -0.15) is 0 Å². The molecular formula is C11H13IOS. The lowest BCUT2D eigenvalue weighted by Gasteiger charge is -2.16. The van der Waals surface area contributed by atoms with E-state index in [4.69, 9.17) is 0 Å². The minimum atomic E-state index is -0.279. The smallest absolute Gasteiger partial charge is 0.135 e. The minimum Gasteiger partial charge on any atom is -0.302 e. The lowest BCUT2D eigenvalue weighted by molar-refractivity contribution is -0.109. The highest BCUT2D eigenvalue weighted by atomic mass is 127. The number of rotatable bonds is 4. The van der Waals surface area contributed by atoms with E-state index >= 15 is 0 Å². The maximum Gasteiger partial charge on any atom is 0.135 e. The van der Waals surface area contributed by atoms with Crippen LogP contribution >= 0.6 is 34.4 Å². The van der Waals surface area contributed by atoms with E-state index in [1.165, 1.54) is 9.13 Å². The van der Waals surface area contributed by atoms with Gasteiger partial charge in [0.2, 0.25) is 0 Å². The number of thioether (sulfide) groups is 1. The molecule has 0 N–H and O–H groups in total. The standard InChI is InChI=1S/C11H13IOS/c1-11(2,8-13)14-7-9-5-3-4-6-10(9)12/h3-6,8H,7H2,1-2H3. The zero-order valence-electron chi connectivity index (χ0n) is 8.29. The zero-order chi connectivity index (χ0) is 10.6. The maximum atomic E-state index is 10.7. The Balaban J connectivity index is 2.62. The molecule has 0 amide bonds. The third-order valence-electron chi connectivity index (χ3n) is 1.84. The molecule has 0 aliphatic carbocycles. The Morgan fingerprint density at radius 1 is 1.43 bits per heavy atom. The van der Waals surface area contributed by atoms with Crippen LogP contribution in [0.1, 0.15) is 19.4 Å². The van der Waals surface area contributed by atoms with Crippen LogP contribution in [-0.4, -0.2) is 11.0 Å². The van der Waals surface area contributed by atoms with Crippen molar-refractivity contribution in [3.8, 4) is 0 Å². The summed E-state index contributed by atoms with van der Waals surface area (Å²) in [4.78, 5) is 10.7. The maximum absolute atomic E-state index is 10.7. The Kier molecular flexibility index (Phi) is 4.44. The Bertz CT molecular complexity index is 323. The summed E-state index contributed by atoms with van der Waals surface area (Å²) in [6.45, 7) is 3.89. The fourth-order valence-electron chi connectivity index (χ4n) is 0.913. The predicted molar refractivity (Wildman–Crippen MR) is 70.6 cm³/mol. The summed E-state index contributed by atoms with van der Waals surface area (Å²) in [5.41, 5.74) is 1.30. The molecule has 0 unspecified atom stereocenters. The molecule has 0 aliphatic rings. The third-order valence-corrected chi connectivity index (χ3v) is 4.19. The van der Waals surface area contributed by atoms with Crippen LogP contribution in [0.4, 0.5) is 0 Å². The number of carbonyl (C=O) groups excluding carboxylic acids is 1. The van der Waals surface area contributed by atoms with Crippen LogP contribution < -0.4 is 0 Å². The molecule has 0 saturated carbocycles. The Morgan fingerprint density at radius 2 is 2.07 bits per heavy atom. The molecule has 1 aromatic carbocycles. The number of aldehydes is 1. The molecule has 0 bridgehead atoms. The SMILES string of the molecule is CC(C)(C=O)SCc1ccccc1I. The second-order valence-electron chi connectivity index (χ2n) is 3.60. The summed E-state index contributed by atoms with van der Waals surface area (Å²) in [6.07, 6.45) is 1.01. The largest absolute Gasteiger partial charge is 0.302 e. The Labute approximate surface area is 103 Å². The van der Waals surface area contributed by atoms with Crippen LogP contribution in [-0.2, 0) is 10.5 Å². The van der Waals surface area contributed by atoms with Gasteiger partial charge in [-0.3, -0.25) is 0 Å². The van der Waals surface area contributed by atoms with Gasteiger partial charge in [-0.25, -0.2) is 0 Å². The lowest BCUT2D eigenvalue weighted by atomic mass is 10.2. The molecule has 0 spiro atoms. The van der Waals surface area contributed by atoms with Crippen molar-refractivity contribution in [3.05, 3.63) is 33.4 Å². The molecule has 0 saturated heterocycles. The van der Waals surface area contributed by atoms with Gasteiger partial charge in [-0.1, -0.05) is 18.2 Å². The zero-order valence-corrected chi connectivity index (χ0v) is 11.3. The van der Waals surface area contributed by atoms with E-state index in [9.17, 15) is 4.79 Å². The molecule has 0 aliphatic heterocycles. The minimum absolute atomic E-state index is 0.279. The van der Waals surface area contributed by atoms with Crippen LogP contribution in [0.2, 0.25) is 0 Å². The number of hydrogen-bond acceptors (Lipinski definition) is 2. The molecule has 0 fully saturated rings. The number of hydrogen-bond donors (Lipinski definition) is 0. The number of benzene rings is 1. The summed E-state index contributed by atoms with van der Waals surface area (Å²) >= 11 is 4.00. The quantitative estimate of drug-likeness (QED) is 0.624. The second-order valence-corrected chi connectivity index (χ2v) is 6.39. The van der Waals surface area contributed by atoms with Crippen molar-refractivity contribution in [3.63, 3.8) is 0 Å². The fourth-order valence-corrected chi connectivity index (χ4v) is 2.60. The van der Waals surface area contributed by atoms with E-state index in [1.54, 1.807) is 11.8 Å². The van der Waals surface area contributed by atoms with Gasteiger partial charge in [0.1, 0.15) is 6.29 Å². The van der Waals surface area contributed by atoms with Crippen molar-refractivity contribution in [2.45, 2.75) is 24.3 Å². The van der Waals surface area contributed by atoms with Crippen molar-refractivity contribution >= 4 is 40.6 Å². The van der Waals surface area contributed by atoms with Crippen LogP contribution in [0.15, 0.2) is 24.3 Å². The van der Waals surface area contributed by atoms with Gasteiger partial charge in [0.15, 0.2) is 0 Å². The van der Waals surface area contributed by atoms with Gasteiger partial charge in [-0.15, -0.1) is 11.8 Å². The van der Waals surface area contributed by atoms with Crippen LogP contribution in [0.5, 0.6) is 0 Å². The topological polar surface area (TPSA) is 17.1 Å². The second kappa shape index (κ2) is 5.16. The molecule has 0 radical (unpaired) electrons. The highest BCUT2D eigenvalue weighted by molar-refractivity contribution is 14.1. The molecular weight excluding hydrogens is 307 g/mol. The summed E-state index contributed by atoms with van der Waals surface area (Å²) < 4.78 is 0.984. The Morgan fingerprint density at radius 3 is 2.64 bits per heavy atom. The first kappa shape index (κ1) is 12.0. The highest BCUT2D eigenvalue weighted by Crippen LogP contribution is 2.27. The van der Waals surface area contributed by atoms with Crippen molar-refractivity contribution in [2.24, 2.45) is 0 Å². The van der Waals surface area contributed by atoms with Crippen molar-refractivity contribution in [1.29, 1.82) is 0 Å². The van der Waals surface area contributed by atoms with E-state index in [0.717, 1.165) is 12.0 Å².